The Morgan fingerprint density at radius 1 is 0.714 bits per heavy atom. The van der Waals surface area contributed by atoms with Gasteiger partial charge in [0.2, 0.25) is 0 Å². The van der Waals surface area contributed by atoms with Gasteiger partial charge in [-0.3, -0.25) is 0 Å². The van der Waals surface area contributed by atoms with Crippen LogP contribution < -0.4 is 0 Å². The van der Waals surface area contributed by atoms with Gasteiger partial charge in [0.25, 0.3) is 0 Å². The molecule has 3 aromatic carbocycles. The van der Waals surface area contributed by atoms with Crippen molar-refractivity contribution >= 4 is 11.8 Å². The molecule has 0 unspecified atom stereocenters. The van der Waals surface area contributed by atoms with Gasteiger partial charge in [0.15, 0.2) is 0 Å². The van der Waals surface area contributed by atoms with Crippen molar-refractivity contribution in [3.8, 4) is 11.1 Å². The maximum absolute atomic E-state index is 2.26. The summed E-state index contributed by atoms with van der Waals surface area (Å²) in [6, 6.07) is 24.1. The predicted molar refractivity (Wildman–Crippen MR) is 90.0 cm³/mol. The molecule has 0 atom stereocenters. The summed E-state index contributed by atoms with van der Waals surface area (Å²) in [5, 5.41) is 0. The van der Waals surface area contributed by atoms with Gasteiger partial charge in [0.1, 0.15) is 0 Å². The van der Waals surface area contributed by atoms with E-state index in [1.807, 2.05) is 11.8 Å². The Labute approximate surface area is 129 Å². The Balaban J connectivity index is 1.89. The molecule has 0 aromatic heterocycles. The monoisotopic (exact) mass is 288 g/mol. The van der Waals surface area contributed by atoms with Crippen LogP contribution in [0.25, 0.3) is 11.1 Å². The van der Waals surface area contributed by atoms with Gasteiger partial charge in [-0.1, -0.05) is 72.4 Å². The maximum Gasteiger partial charge on any atom is 0.0236 e. The standard InChI is InChI=1S/C20H16S/c1-14-7-2-4-10-17(14)18-11-6-9-16-13-15-8-3-5-12-19(15)21-20(16)18/h2-12H,13H2,1H3. The number of benzene rings is 3. The van der Waals surface area contributed by atoms with E-state index >= 15 is 0 Å². The molecule has 21 heavy (non-hydrogen) atoms. The van der Waals surface area contributed by atoms with Crippen LogP contribution in [-0.2, 0) is 6.42 Å². The quantitative estimate of drug-likeness (QED) is 0.432. The first-order valence-electron chi connectivity index (χ1n) is 7.26. The van der Waals surface area contributed by atoms with E-state index in [-0.39, 0.29) is 0 Å². The van der Waals surface area contributed by atoms with Crippen molar-refractivity contribution in [3.05, 3.63) is 83.4 Å². The minimum atomic E-state index is 1.04. The highest BCUT2D eigenvalue weighted by Crippen LogP contribution is 2.44. The van der Waals surface area contributed by atoms with E-state index in [0.717, 1.165) is 6.42 Å². The second kappa shape index (κ2) is 5.09. The predicted octanol–water partition coefficient (Wildman–Crippen LogP) is 5.72. The first kappa shape index (κ1) is 12.7. The van der Waals surface area contributed by atoms with Crippen molar-refractivity contribution in [3.63, 3.8) is 0 Å². The largest absolute Gasteiger partial charge is 0.0888 e. The molecule has 0 saturated carbocycles. The van der Waals surface area contributed by atoms with E-state index in [1.165, 1.54) is 37.6 Å². The van der Waals surface area contributed by atoms with Gasteiger partial charge < -0.3 is 0 Å². The summed E-state index contributed by atoms with van der Waals surface area (Å²) < 4.78 is 0. The summed E-state index contributed by atoms with van der Waals surface area (Å²) in [6.07, 6.45) is 1.04. The van der Waals surface area contributed by atoms with Gasteiger partial charge in [-0.15, -0.1) is 0 Å². The Hall–Kier alpha value is -1.99. The van der Waals surface area contributed by atoms with E-state index in [1.54, 1.807) is 0 Å². The fourth-order valence-corrected chi connectivity index (χ4v) is 4.19. The molecule has 0 bridgehead atoms. The number of rotatable bonds is 1. The van der Waals surface area contributed by atoms with Crippen LogP contribution in [0, 0.1) is 6.92 Å². The van der Waals surface area contributed by atoms with Gasteiger partial charge in [0.05, 0.1) is 0 Å². The van der Waals surface area contributed by atoms with Gasteiger partial charge in [0, 0.05) is 9.79 Å². The highest BCUT2D eigenvalue weighted by molar-refractivity contribution is 7.99. The van der Waals surface area contributed by atoms with Crippen molar-refractivity contribution in [1.29, 1.82) is 0 Å². The Morgan fingerprint density at radius 3 is 2.33 bits per heavy atom. The van der Waals surface area contributed by atoms with E-state index in [4.69, 9.17) is 0 Å². The molecule has 4 rings (SSSR count). The summed E-state index contributed by atoms with van der Waals surface area (Å²) in [5.74, 6) is 0. The first-order valence-corrected chi connectivity index (χ1v) is 8.08. The van der Waals surface area contributed by atoms with Crippen molar-refractivity contribution in [2.45, 2.75) is 23.1 Å². The third-order valence-electron chi connectivity index (χ3n) is 4.10. The molecule has 1 heterocycles. The lowest BCUT2D eigenvalue weighted by atomic mass is 9.96. The fourth-order valence-electron chi connectivity index (χ4n) is 3.00. The summed E-state index contributed by atoms with van der Waals surface area (Å²) in [4.78, 5) is 2.82. The molecule has 0 spiro atoms. The molecule has 0 saturated heterocycles. The molecule has 3 aromatic rings. The second-order valence-electron chi connectivity index (χ2n) is 5.50. The highest BCUT2D eigenvalue weighted by atomic mass is 32.2. The van der Waals surface area contributed by atoms with E-state index in [9.17, 15) is 0 Å². The summed E-state index contributed by atoms with van der Waals surface area (Å²) in [7, 11) is 0. The van der Waals surface area contributed by atoms with E-state index in [0.29, 0.717) is 0 Å². The Morgan fingerprint density at radius 2 is 1.43 bits per heavy atom. The van der Waals surface area contributed by atoms with Crippen LogP contribution in [0.3, 0.4) is 0 Å². The van der Waals surface area contributed by atoms with E-state index < -0.39 is 0 Å². The topological polar surface area (TPSA) is 0 Å². The number of fused-ring (bicyclic) bond motifs is 2. The van der Waals surface area contributed by atoms with Gasteiger partial charge in [-0.05, 0) is 47.2 Å². The fraction of sp³-hybridized carbons (Fsp3) is 0.100. The third kappa shape index (κ3) is 2.18. The normalized spacial score (nSPS) is 12.6. The van der Waals surface area contributed by atoms with Gasteiger partial charge >= 0.3 is 0 Å². The van der Waals surface area contributed by atoms with Gasteiger partial charge in [-0.25, -0.2) is 0 Å². The number of aryl methyl sites for hydroxylation is 1. The summed E-state index contributed by atoms with van der Waals surface area (Å²) in [5.41, 5.74) is 6.94. The average Bonchev–Trinajstić information content (AvgIpc) is 2.53. The molecular formula is C20H16S. The lowest BCUT2D eigenvalue weighted by molar-refractivity contribution is 1.06. The smallest absolute Gasteiger partial charge is 0.0236 e. The number of hydrogen-bond acceptors (Lipinski definition) is 1. The lowest BCUT2D eigenvalue weighted by Crippen LogP contribution is -2.01. The summed E-state index contributed by atoms with van der Waals surface area (Å²) >= 11 is 1.91. The van der Waals surface area contributed by atoms with Crippen LogP contribution in [0.15, 0.2) is 76.5 Å². The van der Waals surface area contributed by atoms with Crippen LogP contribution in [0.1, 0.15) is 16.7 Å². The second-order valence-corrected chi connectivity index (χ2v) is 6.55. The molecule has 1 aliphatic heterocycles. The maximum atomic E-state index is 2.26. The molecular weight excluding hydrogens is 272 g/mol. The van der Waals surface area contributed by atoms with Crippen molar-refractivity contribution in [1.82, 2.24) is 0 Å². The van der Waals surface area contributed by atoms with Gasteiger partial charge in [-0.2, -0.15) is 0 Å². The Kier molecular flexibility index (Phi) is 3.08. The lowest BCUT2D eigenvalue weighted by Gasteiger charge is -2.22. The zero-order valence-corrected chi connectivity index (χ0v) is 12.8. The molecule has 0 amide bonds. The molecule has 0 radical (unpaired) electrons. The van der Waals surface area contributed by atoms with Crippen LogP contribution in [0.2, 0.25) is 0 Å². The summed E-state index contributed by atoms with van der Waals surface area (Å²) in [6.45, 7) is 2.19. The van der Waals surface area contributed by atoms with Crippen molar-refractivity contribution in [2.75, 3.05) is 0 Å². The molecule has 0 nitrogen and oxygen atoms in total. The van der Waals surface area contributed by atoms with Crippen LogP contribution >= 0.6 is 11.8 Å². The zero-order chi connectivity index (χ0) is 14.2. The molecule has 0 fully saturated rings. The first-order chi connectivity index (χ1) is 10.3. The van der Waals surface area contributed by atoms with E-state index in [2.05, 4.69) is 73.7 Å². The zero-order valence-electron chi connectivity index (χ0n) is 12.0. The average molecular weight is 288 g/mol. The Bertz CT molecular complexity index is 818. The van der Waals surface area contributed by atoms with Crippen LogP contribution in [-0.4, -0.2) is 0 Å². The molecule has 102 valence electrons. The minimum Gasteiger partial charge on any atom is -0.0888 e. The molecule has 0 N–H and O–H groups in total. The highest BCUT2D eigenvalue weighted by Gasteiger charge is 2.19. The SMILES string of the molecule is Cc1ccccc1-c1cccc2c1Sc1ccccc1C2. The minimum absolute atomic E-state index is 1.04. The molecule has 0 aliphatic carbocycles. The molecule has 1 aliphatic rings. The molecule has 1 heteroatoms. The van der Waals surface area contributed by atoms with Crippen molar-refractivity contribution < 1.29 is 0 Å². The van der Waals surface area contributed by atoms with Crippen LogP contribution in [0.5, 0.6) is 0 Å². The van der Waals surface area contributed by atoms with Crippen molar-refractivity contribution in [2.24, 2.45) is 0 Å². The van der Waals surface area contributed by atoms with Crippen LogP contribution in [0.4, 0.5) is 0 Å². The third-order valence-corrected chi connectivity index (χ3v) is 5.40. The number of hydrogen-bond donors (Lipinski definition) is 0.